The van der Waals surface area contributed by atoms with E-state index in [9.17, 15) is 9.59 Å². The van der Waals surface area contributed by atoms with Crippen molar-refractivity contribution in [2.45, 2.75) is 32.2 Å². The molecule has 6 nitrogen and oxygen atoms in total. The van der Waals surface area contributed by atoms with Crippen LogP contribution in [-0.4, -0.2) is 33.0 Å². The second-order valence-electron chi connectivity index (χ2n) is 4.01. The van der Waals surface area contributed by atoms with Crippen molar-refractivity contribution in [1.82, 2.24) is 9.55 Å². The van der Waals surface area contributed by atoms with E-state index in [4.69, 9.17) is 10.2 Å². The summed E-state index contributed by atoms with van der Waals surface area (Å²) in [6.07, 6.45) is 3.06. The molecule has 0 aliphatic heterocycles. The third-order valence-electron chi connectivity index (χ3n) is 2.70. The highest BCUT2D eigenvalue weighted by Crippen LogP contribution is 2.15. The van der Waals surface area contributed by atoms with Gasteiger partial charge >= 0.3 is 5.69 Å². The first kappa shape index (κ1) is 13.7. The highest BCUT2D eigenvalue weighted by atomic mass is 16.3. The number of aliphatic hydroxyl groups is 2. The van der Waals surface area contributed by atoms with Gasteiger partial charge in [-0.1, -0.05) is 0 Å². The number of aliphatic hydroxyl groups excluding tert-OH is 2. The van der Waals surface area contributed by atoms with E-state index in [-0.39, 0.29) is 19.3 Å². The van der Waals surface area contributed by atoms with Crippen LogP contribution in [0.15, 0.2) is 15.8 Å². The van der Waals surface area contributed by atoms with Crippen LogP contribution in [0.5, 0.6) is 0 Å². The van der Waals surface area contributed by atoms with Gasteiger partial charge in [0.05, 0.1) is 0 Å². The predicted octanol–water partition coefficient (Wildman–Crippen LogP) is -0.459. The Hall–Kier alpha value is -1.40. The quantitative estimate of drug-likeness (QED) is 0.629. The van der Waals surface area contributed by atoms with Crippen molar-refractivity contribution < 1.29 is 10.2 Å². The van der Waals surface area contributed by atoms with Gasteiger partial charge in [-0.2, -0.15) is 0 Å². The lowest BCUT2D eigenvalue weighted by molar-refractivity contribution is 0.230. The Morgan fingerprint density at radius 3 is 2.59 bits per heavy atom. The maximum atomic E-state index is 11.6. The van der Waals surface area contributed by atoms with Crippen molar-refractivity contribution in [3.05, 3.63) is 32.6 Å². The average Bonchev–Trinajstić information content (AvgIpc) is 2.29. The summed E-state index contributed by atoms with van der Waals surface area (Å²) in [5, 5.41) is 17.8. The summed E-state index contributed by atoms with van der Waals surface area (Å²) in [7, 11) is 0. The zero-order chi connectivity index (χ0) is 12.8. The van der Waals surface area contributed by atoms with Gasteiger partial charge < -0.3 is 10.2 Å². The van der Waals surface area contributed by atoms with Crippen molar-refractivity contribution in [2.24, 2.45) is 0 Å². The minimum absolute atomic E-state index is 0.0407. The fraction of sp³-hybridized carbons (Fsp3) is 0.636. The van der Waals surface area contributed by atoms with Crippen molar-refractivity contribution in [3.8, 4) is 0 Å². The molecule has 0 amide bonds. The second-order valence-corrected chi connectivity index (χ2v) is 4.01. The van der Waals surface area contributed by atoms with Crippen molar-refractivity contribution in [2.75, 3.05) is 13.2 Å². The molecular weight excluding hydrogens is 224 g/mol. The fourth-order valence-corrected chi connectivity index (χ4v) is 1.76. The van der Waals surface area contributed by atoms with Gasteiger partial charge in [0.1, 0.15) is 0 Å². The summed E-state index contributed by atoms with van der Waals surface area (Å²) in [6, 6.07) is -0.199. The molecule has 0 aromatic carbocycles. The molecule has 0 spiro atoms. The van der Waals surface area contributed by atoms with Crippen molar-refractivity contribution >= 4 is 0 Å². The molecule has 0 aliphatic rings. The van der Waals surface area contributed by atoms with Gasteiger partial charge in [-0.15, -0.1) is 0 Å². The number of rotatable bonds is 6. The zero-order valence-corrected chi connectivity index (χ0v) is 9.85. The maximum Gasteiger partial charge on any atom is 0.328 e. The number of aromatic nitrogens is 2. The summed E-state index contributed by atoms with van der Waals surface area (Å²) in [5.74, 6) is 0. The molecule has 17 heavy (non-hydrogen) atoms. The Bertz CT molecular complexity index is 463. The molecule has 1 unspecified atom stereocenters. The van der Waals surface area contributed by atoms with Gasteiger partial charge in [0.15, 0.2) is 0 Å². The topological polar surface area (TPSA) is 95.3 Å². The summed E-state index contributed by atoms with van der Waals surface area (Å²) in [4.78, 5) is 25.1. The zero-order valence-electron chi connectivity index (χ0n) is 9.85. The average molecular weight is 242 g/mol. The van der Waals surface area contributed by atoms with E-state index in [0.29, 0.717) is 24.8 Å². The van der Waals surface area contributed by atoms with Gasteiger partial charge in [0, 0.05) is 31.0 Å². The molecule has 1 aromatic rings. The molecule has 0 aliphatic carbocycles. The molecule has 3 N–H and O–H groups in total. The van der Waals surface area contributed by atoms with E-state index in [1.165, 1.54) is 10.8 Å². The number of nitrogens with zero attached hydrogens (tertiary/aromatic N) is 1. The van der Waals surface area contributed by atoms with Crippen molar-refractivity contribution in [3.63, 3.8) is 0 Å². The Labute approximate surface area is 98.5 Å². The molecule has 1 atom stereocenters. The third-order valence-corrected chi connectivity index (χ3v) is 2.70. The summed E-state index contributed by atoms with van der Waals surface area (Å²) in [5.41, 5.74) is -0.412. The van der Waals surface area contributed by atoms with Gasteiger partial charge in [-0.3, -0.25) is 14.3 Å². The number of aryl methyl sites for hydroxylation is 1. The normalized spacial score (nSPS) is 12.6. The highest BCUT2D eigenvalue weighted by molar-refractivity contribution is 5.01. The van der Waals surface area contributed by atoms with Gasteiger partial charge in [-0.05, 0) is 26.2 Å². The minimum atomic E-state index is -0.475. The monoisotopic (exact) mass is 242 g/mol. The SMILES string of the molecule is Cc1cn(C(CCO)CCCO)c(=O)[nH]c1=O. The van der Waals surface area contributed by atoms with Crippen LogP contribution < -0.4 is 11.2 Å². The third kappa shape index (κ3) is 3.54. The highest BCUT2D eigenvalue weighted by Gasteiger charge is 2.13. The first-order chi connectivity index (χ1) is 8.10. The Balaban J connectivity index is 3.04. The fourth-order valence-electron chi connectivity index (χ4n) is 1.76. The Kier molecular flexibility index (Phi) is 5.11. The van der Waals surface area contributed by atoms with Crippen LogP contribution in [0.2, 0.25) is 0 Å². The lowest BCUT2D eigenvalue weighted by Gasteiger charge is -2.18. The molecule has 0 bridgehead atoms. The van der Waals surface area contributed by atoms with Crippen LogP contribution in [0.1, 0.15) is 30.9 Å². The van der Waals surface area contributed by atoms with Crippen LogP contribution in [0, 0.1) is 6.92 Å². The van der Waals surface area contributed by atoms with Crippen molar-refractivity contribution in [1.29, 1.82) is 0 Å². The molecule has 96 valence electrons. The Morgan fingerprint density at radius 2 is 2.00 bits per heavy atom. The van der Waals surface area contributed by atoms with Crippen LogP contribution in [0.25, 0.3) is 0 Å². The number of hydrogen-bond acceptors (Lipinski definition) is 4. The maximum absolute atomic E-state index is 11.6. The van der Waals surface area contributed by atoms with Crippen LogP contribution >= 0.6 is 0 Å². The lowest BCUT2D eigenvalue weighted by Crippen LogP contribution is -2.33. The molecule has 0 radical (unpaired) electrons. The van der Waals surface area contributed by atoms with E-state index in [2.05, 4.69) is 4.98 Å². The summed E-state index contributed by atoms with van der Waals surface area (Å²) in [6.45, 7) is 1.62. The molecule has 1 heterocycles. The van der Waals surface area contributed by atoms with Crippen LogP contribution in [-0.2, 0) is 0 Å². The lowest BCUT2D eigenvalue weighted by atomic mass is 10.1. The predicted molar refractivity (Wildman–Crippen MR) is 63.1 cm³/mol. The van der Waals surface area contributed by atoms with E-state index < -0.39 is 11.2 Å². The molecule has 0 saturated carbocycles. The van der Waals surface area contributed by atoms with Gasteiger partial charge in [-0.25, -0.2) is 4.79 Å². The van der Waals surface area contributed by atoms with E-state index in [0.717, 1.165) is 0 Å². The smallest absolute Gasteiger partial charge is 0.328 e. The molecule has 0 fully saturated rings. The minimum Gasteiger partial charge on any atom is -0.396 e. The first-order valence-corrected chi connectivity index (χ1v) is 5.64. The van der Waals surface area contributed by atoms with Crippen LogP contribution in [0.3, 0.4) is 0 Å². The molecule has 0 saturated heterocycles. The van der Waals surface area contributed by atoms with E-state index in [1.807, 2.05) is 0 Å². The molecule has 1 rings (SSSR count). The standard InChI is InChI=1S/C11H18N2O4/c1-8-7-13(11(17)12-10(8)16)9(4-6-15)3-2-5-14/h7,9,14-15H,2-6H2,1H3,(H,12,16,17). The number of nitrogens with one attached hydrogen (secondary N) is 1. The number of H-pyrrole nitrogens is 1. The first-order valence-electron chi connectivity index (χ1n) is 5.64. The van der Waals surface area contributed by atoms with Crippen LogP contribution in [0.4, 0.5) is 0 Å². The second kappa shape index (κ2) is 6.36. The summed E-state index contributed by atoms with van der Waals surface area (Å²) >= 11 is 0. The molecular formula is C11H18N2O4. The van der Waals surface area contributed by atoms with Gasteiger partial charge in [0.2, 0.25) is 0 Å². The number of hydrogen-bond donors (Lipinski definition) is 3. The largest absolute Gasteiger partial charge is 0.396 e. The van der Waals surface area contributed by atoms with E-state index >= 15 is 0 Å². The van der Waals surface area contributed by atoms with Gasteiger partial charge in [0.25, 0.3) is 5.56 Å². The molecule has 1 aromatic heterocycles. The number of aromatic amines is 1. The summed E-state index contributed by atoms with van der Waals surface area (Å²) < 4.78 is 1.42. The van der Waals surface area contributed by atoms with E-state index in [1.54, 1.807) is 6.92 Å². The Morgan fingerprint density at radius 1 is 1.29 bits per heavy atom. The molecule has 6 heteroatoms.